The molecule has 5 nitrogen and oxygen atoms in total. The van der Waals surface area contributed by atoms with Crippen molar-refractivity contribution in [3.05, 3.63) is 41.0 Å². The normalized spacial score (nSPS) is 29.5. The third kappa shape index (κ3) is 1.91. The zero-order valence-corrected chi connectivity index (χ0v) is 14.7. The number of ether oxygens (including phenoxy) is 4. The standard InChI is InChI=1S/C20H23NO4/c1-22-16-11-14-7-3-4-8-20(14)17-13(6-5-9-21(16)20)10-15-18(19(17)23-2)25-12-24-15/h3-4,7,10,16H,5-6,8-9,11-12H2,1-2H3/t16-,20?/m1/s1. The molecule has 1 spiro atoms. The van der Waals surface area contributed by atoms with Crippen LogP contribution >= 0.6 is 0 Å². The van der Waals surface area contributed by atoms with Crippen LogP contribution in [-0.4, -0.2) is 38.7 Å². The van der Waals surface area contributed by atoms with Gasteiger partial charge >= 0.3 is 0 Å². The van der Waals surface area contributed by atoms with E-state index in [9.17, 15) is 0 Å². The number of fused-ring (bicyclic) bond motifs is 2. The van der Waals surface area contributed by atoms with Crippen molar-refractivity contribution in [2.45, 2.75) is 37.5 Å². The molecule has 25 heavy (non-hydrogen) atoms. The molecule has 1 aromatic carbocycles. The second-order valence-corrected chi connectivity index (χ2v) is 7.05. The third-order valence-electron chi connectivity index (χ3n) is 6.05. The lowest BCUT2D eigenvalue weighted by Gasteiger charge is -2.42. The van der Waals surface area contributed by atoms with Crippen LogP contribution in [0, 0.1) is 0 Å². The van der Waals surface area contributed by atoms with E-state index in [-0.39, 0.29) is 18.6 Å². The first kappa shape index (κ1) is 15.3. The SMILES string of the molecule is COc1c2c(cc3c1C14CC=CC=C1C[C@@H](OC)N4CCC3)OCO2. The molecule has 1 aromatic rings. The Labute approximate surface area is 147 Å². The summed E-state index contributed by atoms with van der Waals surface area (Å²) in [6, 6.07) is 2.16. The molecule has 0 saturated carbocycles. The Hall–Kier alpha value is -1.98. The summed E-state index contributed by atoms with van der Waals surface area (Å²) in [5, 5.41) is 0. The number of aryl methyl sites for hydroxylation is 1. The van der Waals surface area contributed by atoms with E-state index in [1.807, 2.05) is 7.11 Å². The van der Waals surface area contributed by atoms with Gasteiger partial charge < -0.3 is 18.9 Å². The summed E-state index contributed by atoms with van der Waals surface area (Å²) in [6.07, 6.45) is 10.7. The molecule has 4 aliphatic rings. The fourth-order valence-electron chi connectivity index (χ4n) is 5.07. The summed E-state index contributed by atoms with van der Waals surface area (Å²) >= 11 is 0. The van der Waals surface area contributed by atoms with E-state index < -0.39 is 0 Å². The smallest absolute Gasteiger partial charge is 0.231 e. The van der Waals surface area contributed by atoms with Crippen LogP contribution in [0.2, 0.25) is 0 Å². The number of benzene rings is 1. The highest BCUT2D eigenvalue weighted by Gasteiger charge is 2.54. The summed E-state index contributed by atoms with van der Waals surface area (Å²) in [5.74, 6) is 2.38. The van der Waals surface area contributed by atoms with Crippen molar-refractivity contribution >= 4 is 0 Å². The first-order valence-corrected chi connectivity index (χ1v) is 8.95. The van der Waals surface area contributed by atoms with Gasteiger partial charge in [-0.05, 0) is 36.5 Å². The fraction of sp³-hybridized carbons (Fsp3) is 0.500. The van der Waals surface area contributed by atoms with Gasteiger partial charge in [-0.2, -0.15) is 0 Å². The van der Waals surface area contributed by atoms with Gasteiger partial charge in [0, 0.05) is 25.6 Å². The molecule has 3 aliphatic heterocycles. The van der Waals surface area contributed by atoms with Crippen molar-refractivity contribution in [3.8, 4) is 17.2 Å². The van der Waals surface area contributed by atoms with Gasteiger partial charge in [0.15, 0.2) is 11.5 Å². The number of allylic oxidation sites excluding steroid dienone is 2. The second kappa shape index (κ2) is 5.51. The van der Waals surface area contributed by atoms with Crippen molar-refractivity contribution in [1.82, 2.24) is 4.90 Å². The summed E-state index contributed by atoms with van der Waals surface area (Å²) in [5.41, 5.74) is 3.75. The molecule has 0 bridgehead atoms. The monoisotopic (exact) mass is 341 g/mol. The molecular formula is C20H23NO4. The van der Waals surface area contributed by atoms with Crippen LogP contribution in [0.4, 0.5) is 0 Å². The number of methoxy groups -OCH3 is 2. The first-order chi connectivity index (χ1) is 12.3. The quantitative estimate of drug-likeness (QED) is 0.826. The highest BCUT2D eigenvalue weighted by Crippen LogP contribution is 2.58. The summed E-state index contributed by atoms with van der Waals surface area (Å²) in [6.45, 7) is 1.27. The van der Waals surface area contributed by atoms with Crippen molar-refractivity contribution in [1.29, 1.82) is 0 Å². The first-order valence-electron chi connectivity index (χ1n) is 8.95. The molecule has 1 fully saturated rings. The zero-order valence-electron chi connectivity index (χ0n) is 14.7. The minimum Gasteiger partial charge on any atom is -0.492 e. The van der Waals surface area contributed by atoms with E-state index >= 15 is 0 Å². The summed E-state index contributed by atoms with van der Waals surface area (Å²) < 4.78 is 23.2. The maximum atomic E-state index is 5.91. The number of hydrogen-bond donors (Lipinski definition) is 0. The lowest BCUT2D eigenvalue weighted by Crippen LogP contribution is -2.46. The Morgan fingerprint density at radius 1 is 1.28 bits per heavy atom. The fourth-order valence-corrected chi connectivity index (χ4v) is 5.07. The van der Waals surface area contributed by atoms with Crippen LogP contribution in [-0.2, 0) is 16.7 Å². The summed E-state index contributed by atoms with van der Waals surface area (Å²) in [7, 11) is 3.54. The van der Waals surface area contributed by atoms with Crippen LogP contribution < -0.4 is 14.2 Å². The van der Waals surface area contributed by atoms with Crippen LogP contribution in [0.25, 0.3) is 0 Å². The maximum Gasteiger partial charge on any atom is 0.231 e. The maximum absolute atomic E-state index is 5.91. The molecule has 132 valence electrons. The van der Waals surface area contributed by atoms with Crippen LogP contribution in [0.15, 0.2) is 29.9 Å². The van der Waals surface area contributed by atoms with Crippen molar-refractivity contribution < 1.29 is 18.9 Å². The van der Waals surface area contributed by atoms with E-state index in [0.717, 1.165) is 49.5 Å². The zero-order chi connectivity index (χ0) is 17.0. The minimum absolute atomic E-state index is 0.104. The van der Waals surface area contributed by atoms with Gasteiger partial charge in [0.2, 0.25) is 12.5 Å². The van der Waals surface area contributed by atoms with Gasteiger partial charge in [0.25, 0.3) is 0 Å². The van der Waals surface area contributed by atoms with E-state index in [1.54, 1.807) is 7.11 Å². The van der Waals surface area contributed by atoms with E-state index in [1.165, 1.54) is 16.7 Å². The van der Waals surface area contributed by atoms with E-state index in [2.05, 4.69) is 29.2 Å². The van der Waals surface area contributed by atoms with Gasteiger partial charge in [-0.3, -0.25) is 4.90 Å². The topological polar surface area (TPSA) is 40.2 Å². The molecule has 1 saturated heterocycles. The molecule has 5 heteroatoms. The minimum atomic E-state index is -0.201. The second-order valence-electron chi connectivity index (χ2n) is 7.05. The predicted octanol–water partition coefficient (Wildman–Crippen LogP) is 3.13. The highest BCUT2D eigenvalue weighted by molar-refractivity contribution is 5.65. The predicted molar refractivity (Wildman–Crippen MR) is 93.1 cm³/mol. The highest BCUT2D eigenvalue weighted by atomic mass is 16.7. The Balaban J connectivity index is 1.81. The average molecular weight is 341 g/mol. The van der Waals surface area contributed by atoms with Crippen molar-refractivity contribution in [2.75, 3.05) is 27.6 Å². The average Bonchev–Trinajstić information content (AvgIpc) is 3.19. The van der Waals surface area contributed by atoms with Gasteiger partial charge in [0.05, 0.1) is 12.6 Å². The molecule has 5 rings (SSSR count). The van der Waals surface area contributed by atoms with Crippen LogP contribution in [0.1, 0.15) is 30.4 Å². The summed E-state index contributed by atoms with van der Waals surface area (Å²) in [4.78, 5) is 2.53. The number of nitrogens with zero attached hydrogens (tertiary/aromatic N) is 1. The van der Waals surface area contributed by atoms with Gasteiger partial charge in [0.1, 0.15) is 6.23 Å². The molecule has 3 heterocycles. The molecule has 0 aromatic heterocycles. The van der Waals surface area contributed by atoms with Gasteiger partial charge in [-0.25, -0.2) is 0 Å². The molecule has 1 unspecified atom stereocenters. The lowest BCUT2D eigenvalue weighted by molar-refractivity contribution is -0.0467. The van der Waals surface area contributed by atoms with Gasteiger partial charge in [-0.15, -0.1) is 0 Å². The Morgan fingerprint density at radius 3 is 3.04 bits per heavy atom. The molecule has 0 amide bonds. The van der Waals surface area contributed by atoms with E-state index in [4.69, 9.17) is 18.9 Å². The Bertz CT molecular complexity index is 784. The molecule has 1 aliphatic carbocycles. The number of rotatable bonds is 2. The molecule has 0 radical (unpaired) electrons. The van der Waals surface area contributed by atoms with Crippen LogP contribution in [0.5, 0.6) is 17.2 Å². The van der Waals surface area contributed by atoms with Crippen molar-refractivity contribution in [2.24, 2.45) is 0 Å². The van der Waals surface area contributed by atoms with Crippen LogP contribution in [0.3, 0.4) is 0 Å². The Morgan fingerprint density at radius 2 is 2.20 bits per heavy atom. The molecular weight excluding hydrogens is 318 g/mol. The molecule has 0 N–H and O–H groups in total. The van der Waals surface area contributed by atoms with E-state index in [0.29, 0.717) is 0 Å². The lowest BCUT2D eigenvalue weighted by atomic mass is 9.75. The third-order valence-corrected chi connectivity index (χ3v) is 6.05. The van der Waals surface area contributed by atoms with Crippen molar-refractivity contribution in [3.63, 3.8) is 0 Å². The number of hydrogen-bond acceptors (Lipinski definition) is 5. The van der Waals surface area contributed by atoms with Gasteiger partial charge in [-0.1, -0.05) is 18.2 Å². The molecule has 2 atom stereocenters. The Kier molecular flexibility index (Phi) is 3.37. The largest absolute Gasteiger partial charge is 0.492 e.